The molecule has 0 aromatic carbocycles. The Morgan fingerprint density at radius 3 is 2.74 bits per heavy atom. The number of hydrogen-bond donors (Lipinski definition) is 2. The first kappa shape index (κ1) is 21.8. The Labute approximate surface area is 182 Å². The molecule has 3 heterocycles. The van der Waals surface area contributed by atoms with Gasteiger partial charge < -0.3 is 15.7 Å². The number of nitrogens with zero attached hydrogens (tertiary/aromatic N) is 3. The van der Waals surface area contributed by atoms with Crippen LogP contribution in [0, 0.1) is 11.7 Å². The van der Waals surface area contributed by atoms with Crippen molar-refractivity contribution in [3.63, 3.8) is 0 Å². The second-order valence-electron chi connectivity index (χ2n) is 9.04. The molecule has 3 atom stereocenters. The van der Waals surface area contributed by atoms with Crippen molar-refractivity contribution in [2.24, 2.45) is 11.7 Å². The van der Waals surface area contributed by atoms with Crippen molar-refractivity contribution in [2.75, 3.05) is 18.0 Å². The standard InChI is InChI=1S/C24H31FN4O2/c1-15-13-29(14-19(26)24(15)31)21-9-10-27-12-17(21)11-22(30)20-8-7-18(25)23(28-20)16-5-3-2-4-6-16/h7-10,12,15-16,19,24,31H,2-6,11,13-14,26H2,1H3/t15-,19+,24+/m0/s1. The van der Waals surface area contributed by atoms with Gasteiger partial charge in [0.05, 0.1) is 11.8 Å². The lowest BCUT2D eigenvalue weighted by Crippen LogP contribution is -2.55. The van der Waals surface area contributed by atoms with Crippen LogP contribution in [0.3, 0.4) is 0 Å². The fourth-order valence-corrected chi connectivity index (χ4v) is 4.91. The third kappa shape index (κ3) is 4.77. The maximum Gasteiger partial charge on any atom is 0.185 e. The number of aromatic nitrogens is 2. The molecule has 2 fully saturated rings. The lowest BCUT2D eigenvalue weighted by molar-refractivity contribution is 0.0784. The van der Waals surface area contributed by atoms with Crippen LogP contribution in [0.4, 0.5) is 10.1 Å². The van der Waals surface area contributed by atoms with Crippen LogP contribution in [0.25, 0.3) is 0 Å². The summed E-state index contributed by atoms with van der Waals surface area (Å²) >= 11 is 0. The molecule has 31 heavy (non-hydrogen) atoms. The molecule has 3 N–H and O–H groups in total. The molecule has 1 saturated carbocycles. The third-order valence-electron chi connectivity index (χ3n) is 6.68. The van der Waals surface area contributed by atoms with Crippen molar-refractivity contribution in [3.05, 3.63) is 53.4 Å². The Morgan fingerprint density at radius 2 is 2.00 bits per heavy atom. The van der Waals surface area contributed by atoms with Crippen molar-refractivity contribution in [1.82, 2.24) is 9.97 Å². The van der Waals surface area contributed by atoms with Crippen LogP contribution in [-0.4, -0.2) is 46.1 Å². The Kier molecular flexibility index (Phi) is 6.62. The van der Waals surface area contributed by atoms with E-state index >= 15 is 0 Å². The molecule has 0 radical (unpaired) electrons. The number of halogens is 1. The molecule has 1 aliphatic carbocycles. The topological polar surface area (TPSA) is 92.3 Å². The molecule has 166 valence electrons. The van der Waals surface area contributed by atoms with Gasteiger partial charge in [0.25, 0.3) is 0 Å². The van der Waals surface area contributed by atoms with Crippen LogP contribution in [-0.2, 0) is 6.42 Å². The maximum atomic E-state index is 14.4. The minimum atomic E-state index is -0.537. The average molecular weight is 427 g/mol. The predicted octanol–water partition coefficient (Wildman–Crippen LogP) is 3.23. The molecule has 2 aliphatic rings. The summed E-state index contributed by atoms with van der Waals surface area (Å²) in [5, 5.41) is 10.2. The van der Waals surface area contributed by atoms with E-state index in [0.717, 1.165) is 36.9 Å². The summed E-state index contributed by atoms with van der Waals surface area (Å²) in [5.41, 5.74) is 8.54. The number of Topliss-reactive ketones (excluding diaryl/α,β-unsaturated/α-hetero) is 1. The fraction of sp³-hybridized carbons (Fsp3) is 0.542. The normalized spacial score (nSPS) is 24.9. The van der Waals surface area contributed by atoms with E-state index in [1.54, 1.807) is 12.4 Å². The molecule has 2 aromatic heterocycles. The highest BCUT2D eigenvalue weighted by Crippen LogP contribution is 2.33. The Bertz CT molecular complexity index is 920. The van der Waals surface area contributed by atoms with Gasteiger partial charge in [0.1, 0.15) is 11.5 Å². The molecule has 0 bridgehead atoms. The van der Waals surface area contributed by atoms with Gasteiger partial charge in [0.15, 0.2) is 5.78 Å². The van der Waals surface area contributed by atoms with Crippen LogP contribution >= 0.6 is 0 Å². The lowest BCUT2D eigenvalue weighted by atomic mass is 9.86. The summed E-state index contributed by atoms with van der Waals surface area (Å²) < 4.78 is 14.4. The lowest BCUT2D eigenvalue weighted by Gasteiger charge is -2.40. The van der Waals surface area contributed by atoms with Crippen LogP contribution in [0.15, 0.2) is 30.6 Å². The zero-order chi connectivity index (χ0) is 22.0. The second-order valence-corrected chi connectivity index (χ2v) is 9.04. The SMILES string of the molecule is C[C@H]1CN(c2ccncc2CC(=O)c2ccc(F)c(C3CCCCC3)n2)C[C@@H](N)[C@@H]1O. The Balaban J connectivity index is 1.54. The van der Waals surface area contributed by atoms with E-state index in [1.807, 2.05) is 13.0 Å². The zero-order valence-electron chi connectivity index (χ0n) is 18.0. The number of piperidine rings is 1. The smallest absolute Gasteiger partial charge is 0.185 e. The second kappa shape index (κ2) is 9.40. The molecule has 7 heteroatoms. The first-order valence-corrected chi connectivity index (χ1v) is 11.2. The number of nitrogens with two attached hydrogens (primary N) is 1. The molecule has 0 spiro atoms. The molecule has 1 aliphatic heterocycles. The van der Waals surface area contributed by atoms with Gasteiger partial charge in [-0.15, -0.1) is 0 Å². The van der Waals surface area contributed by atoms with Crippen molar-refractivity contribution in [1.29, 1.82) is 0 Å². The van der Waals surface area contributed by atoms with Crippen molar-refractivity contribution >= 4 is 11.5 Å². The number of anilines is 1. The molecule has 1 saturated heterocycles. The van der Waals surface area contributed by atoms with Gasteiger partial charge in [-0.2, -0.15) is 0 Å². The minimum Gasteiger partial charge on any atom is -0.391 e. The van der Waals surface area contributed by atoms with Gasteiger partial charge in [-0.05, 0) is 31.0 Å². The first-order chi connectivity index (χ1) is 14.9. The quantitative estimate of drug-likeness (QED) is 0.713. The molecular weight excluding hydrogens is 395 g/mol. The average Bonchev–Trinajstić information content (AvgIpc) is 2.78. The van der Waals surface area contributed by atoms with Crippen molar-refractivity contribution in [3.8, 4) is 0 Å². The maximum absolute atomic E-state index is 14.4. The van der Waals surface area contributed by atoms with E-state index in [2.05, 4.69) is 14.9 Å². The van der Waals surface area contributed by atoms with Crippen LogP contribution in [0.5, 0.6) is 0 Å². The van der Waals surface area contributed by atoms with Gasteiger partial charge in [-0.1, -0.05) is 26.2 Å². The van der Waals surface area contributed by atoms with E-state index in [1.165, 1.54) is 18.6 Å². The molecule has 0 amide bonds. The summed E-state index contributed by atoms with van der Waals surface area (Å²) in [6.45, 7) is 3.13. The number of rotatable bonds is 5. The van der Waals surface area contributed by atoms with Crippen molar-refractivity contribution < 1.29 is 14.3 Å². The van der Waals surface area contributed by atoms with Crippen LogP contribution in [0.1, 0.15) is 66.7 Å². The summed E-state index contributed by atoms with van der Waals surface area (Å²) in [7, 11) is 0. The van der Waals surface area contributed by atoms with E-state index < -0.39 is 6.10 Å². The number of carbonyl (C=O) groups is 1. The van der Waals surface area contributed by atoms with Gasteiger partial charge in [-0.25, -0.2) is 9.37 Å². The Hall–Kier alpha value is -2.38. The Morgan fingerprint density at radius 1 is 1.23 bits per heavy atom. The van der Waals surface area contributed by atoms with Gasteiger partial charge in [-0.3, -0.25) is 9.78 Å². The van der Waals surface area contributed by atoms with E-state index in [0.29, 0.717) is 24.5 Å². The molecule has 2 aromatic rings. The van der Waals surface area contributed by atoms with E-state index in [9.17, 15) is 14.3 Å². The summed E-state index contributed by atoms with van der Waals surface area (Å²) in [4.78, 5) is 23.9. The molecular formula is C24H31FN4O2. The zero-order valence-corrected chi connectivity index (χ0v) is 18.0. The van der Waals surface area contributed by atoms with Gasteiger partial charge in [0.2, 0.25) is 0 Å². The van der Waals surface area contributed by atoms with E-state index in [4.69, 9.17) is 5.73 Å². The number of aliphatic hydroxyl groups excluding tert-OH is 1. The number of carbonyl (C=O) groups excluding carboxylic acids is 1. The molecule has 4 rings (SSSR count). The molecule has 0 unspecified atom stereocenters. The van der Waals surface area contributed by atoms with E-state index in [-0.39, 0.29) is 35.9 Å². The monoisotopic (exact) mass is 426 g/mol. The minimum absolute atomic E-state index is 0.0253. The van der Waals surface area contributed by atoms with Crippen LogP contribution in [0.2, 0.25) is 0 Å². The highest BCUT2D eigenvalue weighted by molar-refractivity contribution is 5.96. The summed E-state index contributed by atoms with van der Waals surface area (Å²) in [5.74, 6) is -0.350. The van der Waals surface area contributed by atoms with Gasteiger partial charge in [0, 0.05) is 61.0 Å². The number of ketones is 1. The summed E-state index contributed by atoms with van der Waals surface area (Å²) in [6, 6.07) is 4.39. The highest BCUT2D eigenvalue weighted by Gasteiger charge is 2.32. The van der Waals surface area contributed by atoms with Crippen molar-refractivity contribution in [2.45, 2.75) is 63.5 Å². The third-order valence-corrected chi connectivity index (χ3v) is 6.68. The van der Waals surface area contributed by atoms with Gasteiger partial charge >= 0.3 is 0 Å². The highest BCUT2D eigenvalue weighted by atomic mass is 19.1. The number of aliphatic hydroxyl groups is 1. The fourth-order valence-electron chi connectivity index (χ4n) is 4.91. The number of hydrogen-bond acceptors (Lipinski definition) is 6. The van der Waals surface area contributed by atoms with Crippen LogP contribution < -0.4 is 10.6 Å². The summed E-state index contributed by atoms with van der Waals surface area (Å²) in [6.07, 6.45) is 8.17. The number of pyridine rings is 2. The first-order valence-electron chi connectivity index (χ1n) is 11.2. The largest absolute Gasteiger partial charge is 0.391 e. The predicted molar refractivity (Wildman–Crippen MR) is 118 cm³/mol. The molecule has 6 nitrogen and oxygen atoms in total.